The van der Waals surface area contributed by atoms with Crippen LogP contribution in [0.2, 0.25) is 0 Å². The van der Waals surface area contributed by atoms with E-state index >= 15 is 0 Å². The molecule has 0 aromatic heterocycles. The van der Waals surface area contributed by atoms with Crippen molar-refractivity contribution in [2.45, 2.75) is 251 Å². The SMILES string of the molecule is CCCCCCCCCCCCCCOCC(CC(CCN)CCCCCCC)OCCCCCCCCCCCCCC.N[C@@H](CCC(=O)O)C(=O)O. The molecule has 2 unspecified atom stereocenters. The molecule has 0 fully saturated rings. The van der Waals surface area contributed by atoms with Crippen LogP contribution in [-0.4, -0.2) is 60.7 Å². The first kappa shape index (κ1) is 54.9. The van der Waals surface area contributed by atoms with E-state index in [0.717, 1.165) is 39.2 Å². The second-order valence-corrected chi connectivity index (χ2v) is 16.1. The number of aliphatic carboxylic acids is 2. The van der Waals surface area contributed by atoms with Crippen molar-refractivity contribution in [2.24, 2.45) is 17.4 Å². The molecule has 0 aromatic carbocycles. The van der Waals surface area contributed by atoms with E-state index in [9.17, 15) is 9.59 Å². The molecule has 0 aromatic rings. The van der Waals surface area contributed by atoms with Crippen LogP contribution in [-0.2, 0) is 19.1 Å². The molecule has 0 aliphatic heterocycles. The van der Waals surface area contributed by atoms with Crippen LogP contribution < -0.4 is 11.5 Å². The van der Waals surface area contributed by atoms with Gasteiger partial charge in [-0.3, -0.25) is 9.59 Å². The van der Waals surface area contributed by atoms with Crippen LogP contribution in [0.4, 0.5) is 0 Å². The summed E-state index contributed by atoms with van der Waals surface area (Å²) in [5.41, 5.74) is 11.0. The number of rotatable bonds is 43. The summed E-state index contributed by atoms with van der Waals surface area (Å²) in [6.45, 7) is 10.3. The van der Waals surface area contributed by atoms with Crippen LogP contribution in [0.25, 0.3) is 0 Å². The highest BCUT2D eigenvalue weighted by Crippen LogP contribution is 2.22. The van der Waals surface area contributed by atoms with Gasteiger partial charge in [-0.1, -0.05) is 201 Å². The number of hydrogen-bond acceptors (Lipinski definition) is 6. The molecule has 8 heteroatoms. The Morgan fingerprint density at radius 1 is 0.519 bits per heavy atom. The molecule has 8 nitrogen and oxygen atoms in total. The lowest BCUT2D eigenvalue weighted by atomic mass is 9.91. The molecular weight excluding hydrogens is 677 g/mol. The fraction of sp³-hybridized carbons (Fsp3) is 0.957. The zero-order valence-corrected chi connectivity index (χ0v) is 36.3. The molecule has 3 atom stereocenters. The Labute approximate surface area is 335 Å². The van der Waals surface area contributed by atoms with Gasteiger partial charge in [0.05, 0.1) is 12.7 Å². The molecule has 0 bridgehead atoms. The summed E-state index contributed by atoms with van der Waals surface area (Å²) in [5.74, 6) is -1.51. The molecule has 0 spiro atoms. The smallest absolute Gasteiger partial charge is 0.320 e. The van der Waals surface area contributed by atoms with Crippen LogP contribution in [0.1, 0.15) is 239 Å². The van der Waals surface area contributed by atoms with Gasteiger partial charge in [-0.25, -0.2) is 0 Å². The van der Waals surface area contributed by atoms with E-state index in [1.807, 2.05) is 0 Å². The Morgan fingerprint density at radius 2 is 0.907 bits per heavy atom. The molecule has 0 amide bonds. The highest BCUT2D eigenvalue weighted by molar-refractivity contribution is 5.74. The Bertz CT molecular complexity index is 755. The van der Waals surface area contributed by atoms with Gasteiger partial charge in [-0.2, -0.15) is 0 Å². The first-order valence-corrected chi connectivity index (χ1v) is 23.4. The predicted molar refractivity (Wildman–Crippen MR) is 230 cm³/mol. The van der Waals surface area contributed by atoms with Crippen molar-refractivity contribution in [3.8, 4) is 0 Å². The maximum atomic E-state index is 9.99. The number of carbonyl (C=O) groups is 2. The van der Waals surface area contributed by atoms with Crippen molar-refractivity contribution >= 4 is 11.9 Å². The maximum absolute atomic E-state index is 9.99. The molecular formula is C46H94N2O6. The summed E-state index contributed by atoms with van der Waals surface area (Å²) in [6.07, 6.45) is 43.7. The number of nitrogens with two attached hydrogens (primary N) is 2. The van der Waals surface area contributed by atoms with Gasteiger partial charge >= 0.3 is 11.9 Å². The summed E-state index contributed by atoms with van der Waals surface area (Å²) >= 11 is 0. The van der Waals surface area contributed by atoms with Crippen LogP contribution in [0.5, 0.6) is 0 Å². The van der Waals surface area contributed by atoms with Crippen molar-refractivity contribution in [1.82, 2.24) is 0 Å². The first-order chi connectivity index (χ1) is 26.3. The second kappa shape index (κ2) is 46.2. The standard InChI is InChI=1S/C41H85NO2.C5H9NO4/c1-4-7-10-13-15-17-19-21-23-25-28-31-36-43-39-41(38-40(34-35-42)33-30-27-12-9-6-3)44-37-32-29-26-24-22-20-18-16-14-11-8-5-2;6-3(5(9)10)1-2-4(7)8/h40-41H,4-39,42H2,1-3H3;3H,1-2,6H2,(H,7,8)(H,9,10)/t;3-/m.0/s1. The molecule has 0 radical (unpaired) electrons. The quantitative estimate of drug-likeness (QED) is 0.0448. The van der Waals surface area contributed by atoms with Crippen LogP contribution in [0.3, 0.4) is 0 Å². The summed E-state index contributed by atoms with van der Waals surface area (Å²) in [6, 6.07) is -1.06. The van der Waals surface area contributed by atoms with Crippen molar-refractivity contribution in [3.05, 3.63) is 0 Å². The molecule has 0 saturated heterocycles. The number of ether oxygens (including phenoxy) is 2. The lowest BCUT2D eigenvalue weighted by Gasteiger charge is -2.24. The molecule has 0 aliphatic rings. The Kier molecular flexibility index (Phi) is 46.9. The monoisotopic (exact) mass is 771 g/mol. The molecule has 324 valence electrons. The molecule has 0 heterocycles. The number of carboxylic acids is 2. The van der Waals surface area contributed by atoms with Crippen LogP contribution in [0, 0.1) is 5.92 Å². The van der Waals surface area contributed by atoms with Gasteiger partial charge in [0.25, 0.3) is 0 Å². The minimum Gasteiger partial charge on any atom is -0.481 e. The van der Waals surface area contributed by atoms with Crippen molar-refractivity contribution in [3.63, 3.8) is 0 Å². The average molecular weight is 771 g/mol. The summed E-state index contributed by atoms with van der Waals surface area (Å²) < 4.78 is 12.7. The fourth-order valence-electron chi connectivity index (χ4n) is 7.06. The molecule has 0 aliphatic carbocycles. The third-order valence-electron chi connectivity index (χ3n) is 10.7. The zero-order valence-electron chi connectivity index (χ0n) is 36.3. The normalized spacial score (nSPS) is 13.0. The van der Waals surface area contributed by atoms with E-state index in [-0.39, 0.29) is 18.9 Å². The van der Waals surface area contributed by atoms with Gasteiger partial charge in [0.1, 0.15) is 6.04 Å². The third-order valence-corrected chi connectivity index (χ3v) is 10.7. The van der Waals surface area contributed by atoms with Crippen molar-refractivity contribution in [1.29, 1.82) is 0 Å². The Balaban J connectivity index is 0. The Hall–Kier alpha value is -1.22. The average Bonchev–Trinajstić information content (AvgIpc) is 3.15. The van der Waals surface area contributed by atoms with E-state index in [1.54, 1.807) is 0 Å². The van der Waals surface area contributed by atoms with Gasteiger partial charge in [-0.15, -0.1) is 0 Å². The van der Waals surface area contributed by atoms with Gasteiger partial charge in [0.15, 0.2) is 0 Å². The number of hydrogen-bond donors (Lipinski definition) is 4. The fourth-order valence-corrected chi connectivity index (χ4v) is 7.06. The number of unbranched alkanes of at least 4 members (excludes halogenated alkanes) is 26. The first-order valence-electron chi connectivity index (χ1n) is 23.4. The van der Waals surface area contributed by atoms with Gasteiger partial charge in [-0.05, 0) is 44.6 Å². The summed E-state index contributed by atoms with van der Waals surface area (Å²) in [4.78, 5) is 19.9. The third kappa shape index (κ3) is 45.2. The molecule has 0 rings (SSSR count). The second-order valence-electron chi connectivity index (χ2n) is 16.1. The van der Waals surface area contributed by atoms with Gasteiger partial charge in [0.2, 0.25) is 0 Å². The van der Waals surface area contributed by atoms with Crippen LogP contribution in [0.15, 0.2) is 0 Å². The van der Waals surface area contributed by atoms with E-state index in [2.05, 4.69) is 20.8 Å². The van der Waals surface area contributed by atoms with Gasteiger partial charge < -0.3 is 31.2 Å². The molecule has 0 saturated carbocycles. The lowest BCUT2D eigenvalue weighted by Crippen LogP contribution is -2.30. The molecule has 54 heavy (non-hydrogen) atoms. The molecule has 6 N–H and O–H groups in total. The van der Waals surface area contributed by atoms with E-state index < -0.39 is 18.0 Å². The minimum atomic E-state index is -1.17. The Morgan fingerprint density at radius 3 is 1.30 bits per heavy atom. The van der Waals surface area contributed by atoms with Crippen molar-refractivity contribution in [2.75, 3.05) is 26.4 Å². The van der Waals surface area contributed by atoms with Crippen molar-refractivity contribution < 1.29 is 29.3 Å². The predicted octanol–water partition coefficient (Wildman–Crippen LogP) is 12.8. The van der Waals surface area contributed by atoms with E-state index in [4.69, 9.17) is 31.2 Å². The largest absolute Gasteiger partial charge is 0.481 e. The number of carboxylic acid groups (broad SMARTS) is 2. The van der Waals surface area contributed by atoms with E-state index in [1.165, 1.54) is 193 Å². The van der Waals surface area contributed by atoms with E-state index in [0.29, 0.717) is 5.92 Å². The maximum Gasteiger partial charge on any atom is 0.320 e. The summed E-state index contributed by atoms with van der Waals surface area (Å²) in [5, 5.41) is 16.3. The highest BCUT2D eigenvalue weighted by atomic mass is 16.5. The highest BCUT2D eigenvalue weighted by Gasteiger charge is 2.17. The zero-order chi connectivity index (χ0) is 40.2. The van der Waals surface area contributed by atoms with Gasteiger partial charge in [0, 0.05) is 19.6 Å². The minimum absolute atomic E-state index is 0.0231. The topological polar surface area (TPSA) is 145 Å². The summed E-state index contributed by atoms with van der Waals surface area (Å²) in [7, 11) is 0. The van der Waals surface area contributed by atoms with Crippen LogP contribution >= 0.6 is 0 Å². The lowest BCUT2D eigenvalue weighted by molar-refractivity contribution is -0.139.